The number of benzene rings is 1. The first-order valence-corrected chi connectivity index (χ1v) is 7.04. The highest BCUT2D eigenvalue weighted by molar-refractivity contribution is 5.36. The minimum atomic E-state index is 0.0559. The van der Waals surface area contributed by atoms with Crippen molar-refractivity contribution < 1.29 is 4.74 Å². The van der Waals surface area contributed by atoms with Crippen molar-refractivity contribution >= 4 is 0 Å². The van der Waals surface area contributed by atoms with E-state index in [2.05, 4.69) is 50.9 Å². The van der Waals surface area contributed by atoms with Crippen LogP contribution in [0.2, 0.25) is 0 Å². The van der Waals surface area contributed by atoms with Gasteiger partial charge in [-0.3, -0.25) is 4.90 Å². The summed E-state index contributed by atoms with van der Waals surface area (Å²) in [6, 6.07) is 6.44. The minimum absolute atomic E-state index is 0.0559. The Morgan fingerprint density at radius 3 is 2.53 bits per heavy atom. The predicted octanol–water partition coefficient (Wildman–Crippen LogP) is 2.61. The van der Waals surface area contributed by atoms with Gasteiger partial charge in [-0.05, 0) is 58.4 Å². The molecule has 0 amide bonds. The third-order valence-electron chi connectivity index (χ3n) is 3.81. The van der Waals surface area contributed by atoms with Crippen molar-refractivity contribution in [2.24, 2.45) is 5.73 Å². The Balaban J connectivity index is 2.61. The lowest BCUT2D eigenvalue weighted by Crippen LogP contribution is -2.47. The molecule has 1 rings (SSSR count). The molecular weight excluding hydrogens is 236 g/mol. The van der Waals surface area contributed by atoms with E-state index in [0.29, 0.717) is 13.2 Å². The zero-order chi connectivity index (χ0) is 14.5. The van der Waals surface area contributed by atoms with Gasteiger partial charge >= 0.3 is 0 Å². The van der Waals surface area contributed by atoms with Crippen molar-refractivity contribution in [3.05, 3.63) is 29.3 Å². The van der Waals surface area contributed by atoms with Crippen molar-refractivity contribution in [1.82, 2.24) is 4.90 Å². The molecule has 0 heterocycles. The number of ether oxygens (including phenoxy) is 1. The van der Waals surface area contributed by atoms with Crippen molar-refractivity contribution in [3.63, 3.8) is 0 Å². The van der Waals surface area contributed by atoms with Gasteiger partial charge in [0.25, 0.3) is 0 Å². The number of nitrogens with two attached hydrogens (primary N) is 1. The van der Waals surface area contributed by atoms with Gasteiger partial charge in [0.1, 0.15) is 5.75 Å². The Kier molecular flexibility index (Phi) is 5.83. The van der Waals surface area contributed by atoms with Gasteiger partial charge in [0.15, 0.2) is 0 Å². The molecule has 3 heteroatoms. The van der Waals surface area contributed by atoms with Crippen LogP contribution in [0.1, 0.15) is 31.9 Å². The molecule has 0 unspecified atom stereocenters. The summed E-state index contributed by atoms with van der Waals surface area (Å²) in [6.07, 6.45) is 1.03. The Labute approximate surface area is 117 Å². The van der Waals surface area contributed by atoms with Gasteiger partial charge in [-0.15, -0.1) is 0 Å². The van der Waals surface area contributed by atoms with Crippen LogP contribution in [0.25, 0.3) is 0 Å². The van der Waals surface area contributed by atoms with Crippen LogP contribution in [0.3, 0.4) is 0 Å². The quantitative estimate of drug-likeness (QED) is 0.822. The van der Waals surface area contributed by atoms with Crippen LogP contribution in [-0.2, 0) is 6.42 Å². The first-order valence-electron chi connectivity index (χ1n) is 7.04. The van der Waals surface area contributed by atoms with Gasteiger partial charge in [0.2, 0.25) is 0 Å². The molecule has 1 aromatic rings. The Hall–Kier alpha value is -1.06. The number of nitrogens with zero attached hydrogens (tertiary/aromatic N) is 1. The smallest absolute Gasteiger partial charge is 0.122 e. The fourth-order valence-corrected chi connectivity index (χ4v) is 1.94. The summed E-state index contributed by atoms with van der Waals surface area (Å²) in [5, 5.41) is 0. The summed E-state index contributed by atoms with van der Waals surface area (Å²) >= 11 is 0. The second-order valence-corrected chi connectivity index (χ2v) is 5.72. The fourth-order valence-electron chi connectivity index (χ4n) is 1.94. The molecule has 0 radical (unpaired) electrons. The van der Waals surface area contributed by atoms with Gasteiger partial charge in [0, 0.05) is 18.6 Å². The Morgan fingerprint density at radius 2 is 2.00 bits per heavy atom. The number of hydrogen-bond donors (Lipinski definition) is 1. The van der Waals surface area contributed by atoms with Gasteiger partial charge in [0.05, 0.1) is 6.61 Å². The third-order valence-corrected chi connectivity index (χ3v) is 3.81. The van der Waals surface area contributed by atoms with Crippen molar-refractivity contribution in [1.29, 1.82) is 0 Å². The van der Waals surface area contributed by atoms with Gasteiger partial charge in [-0.1, -0.05) is 12.1 Å². The molecule has 0 atom stereocenters. The SMILES string of the molecule is CCOc1ccc(CCN(C)C(C)(C)CN)cc1C. The van der Waals surface area contributed by atoms with Crippen molar-refractivity contribution in [2.45, 2.75) is 39.7 Å². The van der Waals surface area contributed by atoms with Crippen LogP contribution in [0.4, 0.5) is 0 Å². The molecule has 0 aliphatic heterocycles. The summed E-state index contributed by atoms with van der Waals surface area (Å²) < 4.78 is 5.56. The van der Waals surface area contributed by atoms with E-state index < -0.39 is 0 Å². The topological polar surface area (TPSA) is 38.5 Å². The van der Waals surface area contributed by atoms with E-state index >= 15 is 0 Å². The molecule has 3 nitrogen and oxygen atoms in total. The lowest BCUT2D eigenvalue weighted by Gasteiger charge is -2.34. The number of hydrogen-bond acceptors (Lipinski definition) is 3. The summed E-state index contributed by atoms with van der Waals surface area (Å²) in [7, 11) is 2.13. The van der Waals surface area contributed by atoms with Crippen LogP contribution in [-0.4, -0.2) is 37.2 Å². The van der Waals surface area contributed by atoms with E-state index in [4.69, 9.17) is 10.5 Å². The predicted molar refractivity (Wildman–Crippen MR) is 81.8 cm³/mol. The van der Waals surface area contributed by atoms with Crippen LogP contribution < -0.4 is 10.5 Å². The molecule has 108 valence electrons. The highest BCUT2D eigenvalue weighted by Gasteiger charge is 2.20. The van der Waals surface area contributed by atoms with Crippen LogP contribution in [0.15, 0.2) is 18.2 Å². The van der Waals surface area contributed by atoms with Crippen molar-refractivity contribution in [2.75, 3.05) is 26.7 Å². The molecule has 0 spiro atoms. The minimum Gasteiger partial charge on any atom is -0.494 e. The van der Waals surface area contributed by atoms with Gasteiger partial charge in [-0.2, -0.15) is 0 Å². The molecule has 0 fully saturated rings. The molecule has 0 aliphatic carbocycles. The van der Waals surface area contributed by atoms with Gasteiger partial charge in [-0.25, -0.2) is 0 Å². The average molecular weight is 264 g/mol. The molecule has 0 aromatic heterocycles. The fraction of sp³-hybridized carbons (Fsp3) is 0.625. The van der Waals surface area contributed by atoms with E-state index in [1.54, 1.807) is 0 Å². The lowest BCUT2D eigenvalue weighted by atomic mass is 10.0. The molecule has 0 saturated heterocycles. The highest BCUT2D eigenvalue weighted by Crippen LogP contribution is 2.20. The second-order valence-electron chi connectivity index (χ2n) is 5.72. The first-order chi connectivity index (χ1) is 8.90. The standard InChI is InChI=1S/C16H28N2O/c1-6-19-15-8-7-14(11-13(15)2)9-10-18(5)16(3,4)12-17/h7-8,11H,6,9-10,12,17H2,1-5H3. The number of aryl methyl sites for hydroxylation is 1. The molecule has 0 aliphatic rings. The molecule has 2 N–H and O–H groups in total. The van der Waals surface area contributed by atoms with E-state index in [9.17, 15) is 0 Å². The number of rotatable bonds is 7. The average Bonchev–Trinajstić information content (AvgIpc) is 2.39. The van der Waals surface area contributed by atoms with E-state index in [-0.39, 0.29) is 5.54 Å². The summed E-state index contributed by atoms with van der Waals surface area (Å²) in [5.74, 6) is 0.988. The monoisotopic (exact) mass is 264 g/mol. The molecule has 19 heavy (non-hydrogen) atoms. The van der Waals surface area contributed by atoms with Crippen LogP contribution in [0, 0.1) is 6.92 Å². The molecule has 1 aromatic carbocycles. The van der Waals surface area contributed by atoms with E-state index in [1.165, 1.54) is 11.1 Å². The molecule has 0 bridgehead atoms. The zero-order valence-corrected chi connectivity index (χ0v) is 13.0. The second kappa shape index (κ2) is 6.92. The van der Waals surface area contributed by atoms with Gasteiger partial charge < -0.3 is 10.5 Å². The lowest BCUT2D eigenvalue weighted by molar-refractivity contribution is 0.166. The summed E-state index contributed by atoms with van der Waals surface area (Å²) in [4.78, 5) is 2.32. The summed E-state index contributed by atoms with van der Waals surface area (Å²) in [5.41, 5.74) is 8.41. The third kappa shape index (κ3) is 4.51. The molecule has 0 saturated carbocycles. The van der Waals surface area contributed by atoms with Crippen molar-refractivity contribution in [3.8, 4) is 5.75 Å². The zero-order valence-electron chi connectivity index (χ0n) is 13.0. The molecular formula is C16H28N2O. The first kappa shape index (κ1) is 16.0. The maximum atomic E-state index is 5.80. The number of likely N-dealkylation sites (N-methyl/N-ethyl adjacent to an activating group) is 1. The van der Waals surface area contributed by atoms with E-state index in [1.807, 2.05) is 6.92 Å². The van der Waals surface area contributed by atoms with E-state index in [0.717, 1.165) is 18.7 Å². The van der Waals surface area contributed by atoms with Crippen LogP contribution in [0.5, 0.6) is 5.75 Å². The maximum Gasteiger partial charge on any atom is 0.122 e. The normalized spacial score (nSPS) is 11.9. The van der Waals surface area contributed by atoms with Crippen LogP contribution >= 0.6 is 0 Å². The largest absolute Gasteiger partial charge is 0.494 e. The maximum absolute atomic E-state index is 5.80. The highest BCUT2D eigenvalue weighted by atomic mass is 16.5. The summed E-state index contributed by atoms with van der Waals surface area (Å²) in [6.45, 7) is 10.9. The Morgan fingerprint density at radius 1 is 1.32 bits per heavy atom. The Bertz CT molecular complexity index is 402.